The molecule has 15 heteroatoms. The second-order valence-electron chi connectivity index (χ2n) is 17.3. The molecule has 0 aromatic rings. The first-order valence-corrected chi connectivity index (χ1v) is 25.2. The highest BCUT2D eigenvalue weighted by Gasteiger charge is 2.47. The van der Waals surface area contributed by atoms with Gasteiger partial charge in [0.15, 0.2) is 18.7 Å². The highest BCUT2D eigenvalue weighted by molar-refractivity contribution is 5.70. The van der Waals surface area contributed by atoms with Crippen LogP contribution < -0.4 is 0 Å². The molecule has 0 radical (unpaired) electrons. The molecule has 68 heavy (non-hydrogen) atoms. The van der Waals surface area contributed by atoms with E-state index in [-0.39, 0.29) is 19.4 Å². The van der Waals surface area contributed by atoms with E-state index >= 15 is 0 Å². The predicted octanol–water partition coefficient (Wildman–Crippen LogP) is 6.82. The van der Waals surface area contributed by atoms with Crippen molar-refractivity contribution in [2.24, 2.45) is 0 Å². The zero-order valence-electron chi connectivity index (χ0n) is 40.8. The van der Waals surface area contributed by atoms with Crippen LogP contribution in [0.5, 0.6) is 0 Å². The Kier molecular flexibility index (Phi) is 35.2. The molecule has 0 spiro atoms. The third-order valence-corrected chi connectivity index (χ3v) is 11.3. The number of esters is 2. The van der Waals surface area contributed by atoms with E-state index in [2.05, 4.69) is 98.9 Å². The van der Waals surface area contributed by atoms with Crippen molar-refractivity contribution >= 4 is 11.9 Å². The summed E-state index contributed by atoms with van der Waals surface area (Å²) in [5.74, 6) is -1.02. The lowest BCUT2D eigenvalue weighted by molar-refractivity contribution is -0.332. The lowest BCUT2D eigenvalue weighted by Crippen LogP contribution is -2.61. The first-order chi connectivity index (χ1) is 33.0. The summed E-state index contributed by atoms with van der Waals surface area (Å²) in [4.78, 5) is 25.7. The van der Waals surface area contributed by atoms with Gasteiger partial charge in [-0.1, -0.05) is 125 Å². The smallest absolute Gasteiger partial charge is 0.306 e. The minimum absolute atomic E-state index is 0.114. The van der Waals surface area contributed by atoms with E-state index in [1.165, 1.54) is 25.7 Å². The molecule has 388 valence electrons. The van der Waals surface area contributed by atoms with Crippen molar-refractivity contribution in [3.05, 3.63) is 85.1 Å². The number of aliphatic hydroxyl groups is 7. The fraction of sp³-hybridized carbons (Fsp3) is 0.698. The van der Waals surface area contributed by atoms with E-state index in [0.29, 0.717) is 12.8 Å². The van der Waals surface area contributed by atoms with E-state index in [0.717, 1.165) is 77.0 Å². The molecule has 4 unspecified atom stereocenters. The Hall–Kier alpha value is -3.32. The Labute approximate surface area is 405 Å². The summed E-state index contributed by atoms with van der Waals surface area (Å²) in [6.45, 7) is 2.39. The standard InChI is InChI=1S/C53H86O15/c1-3-5-7-9-11-13-15-17-19-20-22-24-26-28-30-32-34-36-45(56)66-41(38-63-44(55)35-33-31-29-27-25-23-21-18-16-14-12-10-8-6-4-2)39-64-52-51(62)49(60)47(58)43(68-52)40-65-53-50(61)48(59)46(57)42(37-54)67-53/h7,9,12-15,18-21,24-27,41-43,46-54,57-62H,3-6,8,10-11,16-17,22-23,28-40H2,1-2H3/b9-7+,14-12+,15-13+,20-19+,21-18+,26-24+,27-25+/t41-,42+,43+,46-,47-,48?,49?,50?,51?,52+,53+/m1/s1. The van der Waals surface area contributed by atoms with Gasteiger partial charge in [-0.3, -0.25) is 9.59 Å². The quantitative estimate of drug-likeness (QED) is 0.0193. The molecule has 2 aliphatic rings. The Morgan fingerprint density at radius 3 is 1.44 bits per heavy atom. The van der Waals surface area contributed by atoms with Crippen LogP contribution in [0.3, 0.4) is 0 Å². The number of hydrogen-bond donors (Lipinski definition) is 7. The largest absolute Gasteiger partial charge is 0.462 e. The molecule has 7 N–H and O–H groups in total. The maximum atomic E-state index is 13.0. The highest BCUT2D eigenvalue weighted by atomic mass is 16.7. The normalized spacial score (nSPS) is 26.5. The summed E-state index contributed by atoms with van der Waals surface area (Å²) in [6.07, 6.45) is 30.4. The molecule has 0 saturated carbocycles. The van der Waals surface area contributed by atoms with E-state index in [4.69, 9.17) is 28.4 Å². The molecule has 11 atom stereocenters. The summed E-state index contributed by atoms with van der Waals surface area (Å²) < 4.78 is 33.5. The van der Waals surface area contributed by atoms with Gasteiger partial charge in [0, 0.05) is 12.8 Å². The topological polar surface area (TPSA) is 231 Å². The van der Waals surface area contributed by atoms with Crippen LogP contribution in [0, 0.1) is 0 Å². The lowest BCUT2D eigenvalue weighted by atomic mass is 9.98. The monoisotopic (exact) mass is 963 g/mol. The Morgan fingerprint density at radius 1 is 0.471 bits per heavy atom. The highest BCUT2D eigenvalue weighted by Crippen LogP contribution is 2.26. The zero-order chi connectivity index (χ0) is 49.6. The number of allylic oxidation sites excluding steroid dienone is 14. The van der Waals surface area contributed by atoms with Gasteiger partial charge < -0.3 is 64.2 Å². The number of ether oxygens (including phenoxy) is 6. The van der Waals surface area contributed by atoms with Crippen molar-refractivity contribution in [2.45, 2.75) is 210 Å². The van der Waals surface area contributed by atoms with E-state index in [1.807, 2.05) is 0 Å². The molecule has 0 aromatic heterocycles. The first-order valence-electron chi connectivity index (χ1n) is 25.2. The van der Waals surface area contributed by atoms with Crippen molar-refractivity contribution in [1.29, 1.82) is 0 Å². The number of rotatable bonds is 37. The Balaban J connectivity index is 1.86. The van der Waals surface area contributed by atoms with Crippen LogP contribution in [-0.2, 0) is 38.0 Å². The van der Waals surface area contributed by atoms with Gasteiger partial charge in [0.1, 0.15) is 55.4 Å². The number of unbranched alkanes of at least 4 members (excludes halogenated alkanes) is 9. The van der Waals surface area contributed by atoms with Gasteiger partial charge in [-0.2, -0.15) is 0 Å². The van der Waals surface area contributed by atoms with Gasteiger partial charge in [0.25, 0.3) is 0 Å². The van der Waals surface area contributed by atoms with Crippen molar-refractivity contribution in [1.82, 2.24) is 0 Å². The summed E-state index contributed by atoms with van der Waals surface area (Å²) in [6, 6.07) is 0. The number of carbonyl (C=O) groups is 2. The van der Waals surface area contributed by atoms with Crippen LogP contribution in [0.4, 0.5) is 0 Å². The first kappa shape index (κ1) is 60.8. The maximum Gasteiger partial charge on any atom is 0.306 e. The molecule has 2 aliphatic heterocycles. The third kappa shape index (κ3) is 27.2. The van der Waals surface area contributed by atoms with Crippen LogP contribution in [0.2, 0.25) is 0 Å². The summed E-state index contributed by atoms with van der Waals surface area (Å²) in [5.41, 5.74) is 0. The molecule has 2 rings (SSSR count). The van der Waals surface area contributed by atoms with Gasteiger partial charge in [-0.15, -0.1) is 0 Å². The molecule has 0 aliphatic carbocycles. The number of aliphatic hydroxyl groups excluding tert-OH is 7. The summed E-state index contributed by atoms with van der Waals surface area (Å²) in [5, 5.41) is 72.0. The van der Waals surface area contributed by atoms with Gasteiger partial charge in [0.2, 0.25) is 0 Å². The second kappa shape index (κ2) is 39.4. The zero-order valence-corrected chi connectivity index (χ0v) is 40.8. The van der Waals surface area contributed by atoms with Crippen LogP contribution in [-0.4, -0.2) is 142 Å². The minimum Gasteiger partial charge on any atom is -0.462 e. The molecule has 15 nitrogen and oxygen atoms in total. The Bertz CT molecular complexity index is 1510. The molecule has 0 amide bonds. The fourth-order valence-corrected chi connectivity index (χ4v) is 7.15. The second-order valence-corrected chi connectivity index (χ2v) is 17.3. The van der Waals surface area contributed by atoms with Gasteiger partial charge in [-0.05, 0) is 89.9 Å². The summed E-state index contributed by atoms with van der Waals surface area (Å²) >= 11 is 0. The molecule has 2 heterocycles. The number of hydrogen-bond acceptors (Lipinski definition) is 15. The fourth-order valence-electron chi connectivity index (χ4n) is 7.15. The van der Waals surface area contributed by atoms with Crippen molar-refractivity contribution < 1.29 is 73.8 Å². The lowest BCUT2D eigenvalue weighted by Gasteiger charge is -2.42. The van der Waals surface area contributed by atoms with Crippen LogP contribution in [0.25, 0.3) is 0 Å². The van der Waals surface area contributed by atoms with Gasteiger partial charge in [0.05, 0.1) is 19.8 Å². The molecular formula is C53H86O15. The number of carbonyl (C=O) groups excluding carboxylic acids is 2. The van der Waals surface area contributed by atoms with Crippen molar-refractivity contribution in [3.8, 4) is 0 Å². The third-order valence-electron chi connectivity index (χ3n) is 11.3. The van der Waals surface area contributed by atoms with Gasteiger partial charge in [-0.25, -0.2) is 0 Å². The molecule has 0 aromatic carbocycles. The van der Waals surface area contributed by atoms with E-state index in [9.17, 15) is 45.3 Å². The van der Waals surface area contributed by atoms with Crippen LogP contribution in [0.1, 0.15) is 142 Å². The minimum atomic E-state index is -1.78. The van der Waals surface area contributed by atoms with Gasteiger partial charge >= 0.3 is 11.9 Å². The van der Waals surface area contributed by atoms with Crippen LogP contribution in [0.15, 0.2) is 85.1 Å². The SMILES string of the molecule is CCC/C=C/C/C=C/C/C=C/C/C=C/CCCCCC(=O)O[C@H](COC(=O)CCCC/C=C/C/C=C/C/C=C/CCCCC)CO[C@H]1O[C@@H](CO[C@H]2O[C@@H](CO)[C@@H](O)C(O)C2O)[C@@H](O)C(O)C1O. The average Bonchev–Trinajstić information content (AvgIpc) is 3.33. The molecule has 2 saturated heterocycles. The van der Waals surface area contributed by atoms with E-state index in [1.54, 1.807) is 0 Å². The molecule has 2 fully saturated rings. The van der Waals surface area contributed by atoms with Crippen LogP contribution >= 0.6 is 0 Å². The van der Waals surface area contributed by atoms with Crippen molar-refractivity contribution in [3.63, 3.8) is 0 Å². The van der Waals surface area contributed by atoms with Crippen molar-refractivity contribution in [2.75, 3.05) is 26.4 Å². The summed E-state index contributed by atoms with van der Waals surface area (Å²) in [7, 11) is 0. The predicted molar refractivity (Wildman–Crippen MR) is 261 cm³/mol. The van der Waals surface area contributed by atoms with E-state index < -0.39 is 99.3 Å². The average molecular weight is 963 g/mol. The molecular weight excluding hydrogens is 877 g/mol. The Morgan fingerprint density at radius 2 is 0.912 bits per heavy atom. The maximum absolute atomic E-state index is 13.0. The molecule has 0 bridgehead atoms.